The number of aromatic amines is 1. The molecule has 1 saturated carbocycles. The van der Waals surface area contributed by atoms with Gasteiger partial charge in [0.1, 0.15) is 11.4 Å². The fourth-order valence-electron chi connectivity index (χ4n) is 2.38. The summed E-state index contributed by atoms with van der Waals surface area (Å²) in [7, 11) is 1.72. The fraction of sp³-hybridized carbons (Fsp3) is 0.727. The summed E-state index contributed by atoms with van der Waals surface area (Å²) in [6, 6.07) is 0. The highest BCUT2D eigenvalue weighted by Gasteiger charge is 2.42. The predicted octanol–water partition coefficient (Wildman–Crippen LogP) is 1.19. The van der Waals surface area contributed by atoms with E-state index in [4.69, 9.17) is 0 Å². The van der Waals surface area contributed by atoms with Crippen LogP contribution in [-0.4, -0.2) is 44.1 Å². The summed E-state index contributed by atoms with van der Waals surface area (Å²) in [6.45, 7) is 1.85. The van der Waals surface area contributed by atoms with Gasteiger partial charge in [-0.2, -0.15) is 0 Å². The van der Waals surface area contributed by atoms with Crippen molar-refractivity contribution in [1.29, 1.82) is 0 Å². The molecule has 2 atom stereocenters. The lowest BCUT2D eigenvalue weighted by Crippen LogP contribution is -2.53. The number of thioether (sulfide) groups is 1. The number of aryl methyl sites for hydroxylation is 1. The number of hydrogen-bond donors (Lipinski definition) is 3. The van der Waals surface area contributed by atoms with Gasteiger partial charge >= 0.3 is 5.97 Å². The second kappa shape index (κ2) is 5.27. The standard InChI is InChI=1S/C11H18N4O2S/c1-7-13-10(15-14-7)18-8-4-3-5-11(6-8,12-2)9(16)17/h8,12H,3-6H2,1-2H3,(H,16,17)(H,13,14,15). The Hall–Kier alpha value is -1.08. The second-order valence-corrected chi connectivity index (χ2v) is 5.94. The van der Waals surface area contributed by atoms with E-state index in [9.17, 15) is 9.90 Å². The average molecular weight is 270 g/mol. The molecule has 18 heavy (non-hydrogen) atoms. The van der Waals surface area contributed by atoms with E-state index in [0.29, 0.717) is 18.0 Å². The maximum absolute atomic E-state index is 11.4. The molecule has 0 bridgehead atoms. The van der Waals surface area contributed by atoms with Crippen LogP contribution in [0.15, 0.2) is 5.16 Å². The fourth-order valence-corrected chi connectivity index (χ4v) is 3.62. The Morgan fingerprint density at radius 1 is 1.67 bits per heavy atom. The number of H-pyrrole nitrogens is 1. The van der Waals surface area contributed by atoms with Gasteiger partial charge in [0.15, 0.2) is 0 Å². The number of aliphatic carboxylic acids is 1. The van der Waals surface area contributed by atoms with Crippen molar-refractivity contribution in [2.45, 2.75) is 48.6 Å². The highest BCUT2D eigenvalue weighted by molar-refractivity contribution is 7.99. The van der Waals surface area contributed by atoms with E-state index >= 15 is 0 Å². The van der Waals surface area contributed by atoms with Crippen LogP contribution in [0, 0.1) is 6.92 Å². The van der Waals surface area contributed by atoms with Gasteiger partial charge in [-0.25, -0.2) is 4.98 Å². The quantitative estimate of drug-likeness (QED) is 0.761. The summed E-state index contributed by atoms with van der Waals surface area (Å²) in [4.78, 5) is 15.7. The topological polar surface area (TPSA) is 90.9 Å². The molecule has 7 heteroatoms. The molecule has 6 nitrogen and oxygen atoms in total. The van der Waals surface area contributed by atoms with Crippen molar-refractivity contribution < 1.29 is 9.90 Å². The zero-order valence-electron chi connectivity index (χ0n) is 10.6. The maximum atomic E-state index is 11.4. The lowest BCUT2D eigenvalue weighted by atomic mass is 9.81. The van der Waals surface area contributed by atoms with Crippen molar-refractivity contribution in [3.05, 3.63) is 5.82 Å². The molecule has 0 aliphatic heterocycles. The van der Waals surface area contributed by atoms with Crippen molar-refractivity contribution in [3.63, 3.8) is 0 Å². The average Bonchev–Trinajstić information content (AvgIpc) is 2.74. The minimum atomic E-state index is -0.790. The normalized spacial score (nSPS) is 28.2. The van der Waals surface area contributed by atoms with E-state index in [1.165, 1.54) is 0 Å². The monoisotopic (exact) mass is 270 g/mol. The highest BCUT2D eigenvalue weighted by atomic mass is 32.2. The summed E-state index contributed by atoms with van der Waals surface area (Å²) in [6.07, 6.45) is 3.21. The van der Waals surface area contributed by atoms with Gasteiger partial charge in [-0.15, -0.1) is 5.10 Å². The molecule has 3 N–H and O–H groups in total. The Kier molecular flexibility index (Phi) is 3.91. The van der Waals surface area contributed by atoms with Crippen LogP contribution >= 0.6 is 11.8 Å². The summed E-state index contributed by atoms with van der Waals surface area (Å²) < 4.78 is 0. The van der Waals surface area contributed by atoms with Crippen LogP contribution in [0.1, 0.15) is 31.5 Å². The molecule has 0 amide bonds. The summed E-state index contributed by atoms with van der Waals surface area (Å²) in [5, 5.41) is 20.2. The Balaban J connectivity index is 2.04. The van der Waals surface area contributed by atoms with Crippen molar-refractivity contribution in [3.8, 4) is 0 Å². The Morgan fingerprint density at radius 2 is 2.44 bits per heavy atom. The molecule has 1 heterocycles. The van der Waals surface area contributed by atoms with E-state index in [-0.39, 0.29) is 5.25 Å². The van der Waals surface area contributed by atoms with Crippen molar-refractivity contribution in [2.75, 3.05) is 7.05 Å². The van der Waals surface area contributed by atoms with Gasteiger partial charge in [0.2, 0.25) is 5.16 Å². The van der Waals surface area contributed by atoms with Gasteiger partial charge in [0.25, 0.3) is 0 Å². The van der Waals surface area contributed by atoms with E-state index in [1.54, 1.807) is 18.8 Å². The first-order valence-electron chi connectivity index (χ1n) is 6.04. The summed E-state index contributed by atoms with van der Waals surface area (Å²) in [5.41, 5.74) is -0.790. The maximum Gasteiger partial charge on any atom is 0.323 e. The molecule has 2 unspecified atom stereocenters. The van der Waals surface area contributed by atoms with Gasteiger partial charge in [-0.1, -0.05) is 11.8 Å². The Bertz CT molecular complexity index is 436. The van der Waals surface area contributed by atoms with Gasteiger partial charge < -0.3 is 10.4 Å². The largest absolute Gasteiger partial charge is 0.480 e. The molecular weight excluding hydrogens is 252 g/mol. The number of rotatable bonds is 4. The molecule has 1 fully saturated rings. The number of carbonyl (C=O) groups is 1. The number of hydrogen-bond acceptors (Lipinski definition) is 5. The second-order valence-electron chi connectivity index (χ2n) is 4.68. The number of aromatic nitrogens is 3. The van der Waals surface area contributed by atoms with Crippen molar-refractivity contribution in [2.24, 2.45) is 0 Å². The third-order valence-corrected chi connectivity index (χ3v) is 4.57. The molecular formula is C11H18N4O2S. The lowest BCUT2D eigenvalue weighted by Gasteiger charge is -2.36. The van der Waals surface area contributed by atoms with Crippen LogP contribution in [0.2, 0.25) is 0 Å². The highest BCUT2D eigenvalue weighted by Crippen LogP contribution is 2.37. The number of carboxylic acids is 1. The van der Waals surface area contributed by atoms with Crippen LogP contribution in [-0.2, 0) is 4.79 Å². The zero-order chi connectivity index (χ0) is 13.2. The van der Waals surface area contributed by atoms with Gasteiger partial charge in [-0.05, 0) is 39.7 Å². The molecule has 0 radical (unpaired) electrons. The Labute approximate surface area is 110 Å². The summed E-state index contributed by atoms with van der Waals surface area (Å²) in [5.74, 6) is 0.0212. The molecule has 2 rings (SSSR count). The van der Waals surface area contributed by atoms with Gasteiger partial charge in [0, 0.05) is 5.25 Å². The number of carboxylic acid groups (broad SMARTS) is 1. The minimum Gasteiger partial charge on any atom is -0.480 e. The minimum absolute atomic E-state index is 0.248. The number of likely N-dealkylation sites (N-methyl/N-ethyl adjacent to an activating group) is 1. The van der Waals surface area contributed by atoms with Crippen LogP contribution < -0.4 is 5.32 Å². The molecule has 1 aliphatic rings. The molecule has 1 aliphatic carbocycles. The molecule has 0 aromatic carbocycles. The predicted molar refractivity (Wildman–Crippen MR) is 68.7 cm³/mol. The zero-order valence-corrected chi connectivity index (χ0v) is 11.4. The van der Waals surface area contributed by atoms with Crippen LogP contribution in [0.25, 0.3) is 0 Å². The van der Waals surface area contributed by atoms with E-state index in [1.807, 2.05) is 6.92 Å². The van der Waals surface area contributed by atoms with E-state index < -0.39 is 11.5 Å². The molecule has 100 valence electrons. The molecule has 0 saturated heterocycles. The van der Waals surface area contributed by atoms with Crippen LogP contribution in [0.4, 0.5) is 0 Å². The molecule has 1 aromatic heterocycles. The summed E-state index contributed by atoms with van der Waals surface area (Å²) >= 11 is 1.56. The van der Waals surface area contributed by atoms with E-state index in [0.717, 1.165) is 18.7 Å². The van der Waals surface area contributed by atoms with Crippen LogP contribution in [0.3, 0.4) is 0 Å². The third-order valence-electron chi connectivity index (χ3n) is 3.44. The first-order valence-corrected chi connectivity index (χ1v) is 6.92. The van der Waals surface area contributed by atoms with Crippen molar-refractivity contribution in [1.82, 2.24) is 20.5 Å². The van der Waals surface area contributed by atoms with Crippen LogP contribution in [0.5, 0.6) is 0 Å². The van der Waals surface area contributed by atoms with Crippen molar-refractivity contribution >= 4 is 17.7 Å². The molecule has 0 spiro atoms. The Morgan fingerprint density at radius 3 is 3.00 bits per heavy atom. The lowest BCUT2D eigenvalue weighted by molar-refractivity contribution is -0.146. The number of nitrogens with zero attached hydrogens (tertiary/aromatic N) is 2. The molecule has 1 aromatic rings. The first-order chi connectivity index (χ1) is 8.55. The van der Waals surface area contributed by atoms with E-state index in [2.05, 4.69) is 20.5 Å². The smallest absolute Gasteiger partial charge is 0.323 e. The first kappa shape index (κ1) is 13.4. The SMILES string of the molecule is CNC1(C(=O)O)CCCC(Sc2n[nH]c(C)n2)C1. The van der Waals surface area contributed by atoms with Gasteiger partial charge in [0.05, 0.1) is 0 Å². The van der Waals surface area contributed by atoms with Gasteiger partial charge in [-0.3, -0.25) is 9.89 Å². The third kappa shape index (κ3) is 2.67. The number of nitrogens with one attached hydrogen (secondary N) is 2.